The van der Waals surface area contributed by atoms with E-state index < -0.39 is 5.76 Å². The van der Waals surface area contributed by atoms with Crippen LogP contribution in [0.25, 0.3) is 11.1 Å². The van der Waals surface area contributed by atoms with Crippen molar-refractivity contribution in [3.8, 4) is 0 Å². The van der Waals surface area contributed by atoms with E-state index in [-0.39, 0.29) is 18.4 Å². The third-order valence-corrected chi connectivity index (χ3v) is 3.52. The summed E-state index contributed by atoms with van der Waals surface area (Å²) in [5.41, 5.74) is 1.98. The molecule has 0 unspecified atom stereocenters. The first kappa shape index (κ1) is 15.5. The lowest BCUT2D eigenvalue weighted by molar-refractivity contribution is -0.115. The first-order valence-electron chi connectivity index (χ1n) is 7.27. The van der Waals surface area contributed by atoms with Gasteiger partial charge in [0.05, 0.1) is 12.1 Å². The van der Waals surface area contributed by atoms with Gasteiger partial charge in [0, 0.05) is 24.4 Å². The molecule has 0 bridgehead atoms. The Hall–Kier alpha value is -3.35. The number of benzene rings is 2. The van der Waals surface area contributed by atoms with Crippen molar-refractivity contribution in [2.24, 2.45) is 7.05 Å². The summed E-state index contributed by atoms with van der Waals surface area (Å²) < 4.78 is 6.44. The van der Waals surface area contributed by atoms with Gasteiger partial charge < -0.3 is 15.1 Å². The highest BCUT2D eigenvalue weighted by Gasteiger charge is 2.10. The number of hydrogen-bond donors (Lipinski definition) is 2. The van der Waals surface area contributed by atoms with Gasteiger partial charge in [-0.1, -0.05) is 18.2 Å². The molecular weight excluding hydrogens is 310 g/mol. The van der Waals surface area contributed by atoms with Crippen LogP contribution >= 0.6 is 0 Å². The quantitative estimate of drug-likeness (QED) is 0.760. The predicted molar refractivity (Wildman–Crippen MR) is 88.9 cm³/mol. The Labute approximate surface area is 136 Å². The zero-order valence-corrected chi connectivity index (χ0v) is 12.9. The second-order valence-electron chi connectivity index (χ2n) is 5.21. The smallest absolute Gasteiger partial charge is 0.408 e. The van der Waals surface area contributed by atoms with Crippen LogP contribution in [0.3, 0.4) is 0 Å². The van der Waals surface area contributed by atoms with E-state index in [1.54, 1.807) is 49.5 Å². The fraction of sp³-hybridized carbons (Fsp3) is 0.118. The summed E-state index contributed by atoms with van der Waals surface area (Å²) in [5.74, 6) is -1.17. The summed E-state index contributed by atoms with van der Waals surface area (Å²) in [5, 5.41) is 5.19. The van der Waals surface area contributed by atoms with Crippen molar-refractivity contribution in [2.45, 2.75) is 0 Å². The highest BCUT2D eigenvalue weighted by molar-refractivity contribution is 5.99. The summed E-state index contributed by atoms with van der Waals surface area (Å²) in [7, 11) is 1.60. The molecule has 7 nitrogen and oxygen atoms in total. The Kier molecular flexibility index (Phi) is 4.15. The third-order valence-electron chi connectivity index (χ3n) is 3.52. The summed E-state index contributed by atoms with van der Waals surface area (Å²) in [6.07, 6.45) is 0. The number of carbonyl (C=O) groups is 2. The minimum atomic E-state index is -0.469. The van der Waals surface area contributed by atoms with Crippen LogP contribution in [0.2, 0.25) is 0 Å². The van der Waals surface area contributed by atoms with Gasteiger partial charge in [0.2, 0.25) is 5.91 Å². The second-order valence-corrected chi connectivity index (χ2v) is 5.21. The van der Waals surface area contributed by atoms with Crippen LogP contribution in [0.15, 0.2) is 57.7 Å². The average Bonchev–Trinajstić information content (AvgIpc) is 2.87. The standard InChI is InChI=1S/C17H15N3O4/c1-20-13-8-7-12(9-14(13)24-17(20)23)19-15(21)10-18-16(22)11-5-3-2-4-6-11/h2-9H,10H2,1H3,(H,18,22)(H,19,21). The summed E-state index contributed by atoms with van der Waals surface area (Å²) in [6.45, 7) is -0.162. The van der Waals surface area contributed by atoms with Crippen molar-refractivity contribution >= 4 is 28.6 Å². The summed E-state index contributed by atoms with van der Waals surface area (Å²) in [4.78, 5) is 35.3. The highest BCUT2D eigenvalue weighted by atomic mass is 16.4. The first-order valence-corrected chi connectivity index (χ1v) is 7.27. The minimum Gasteiger partial charge on any atom is -0.408 e. The normalized spacial score (nSPS) is 10.5. The predicted octanol–water partition coefficient (Wildman–Crippen LogP) is 1.50. The van der Waals surface area contributed by atoms with Gasteiger partial charge in [-0.15, -0.1) is 0 Å². The number of rotatable bonds is 4. The molecule has 0 spiro atoms. The molecule has 0 saturated carbocycles. The topological polar surface area (TPSA) is 93.3 Å². The SMILES string of the molecule is Cn1c(=O)oc2cc(NC(=O)CNC(=O)c3ccccc3)ccc21. The van der Waals surface area contributed by atoms with E-state index in [1.165, 1.54) is 4.57 Å². The van der Waals surface area contributed by atoms with E-state index in [9.17, 15) is 14.4 Å². The number of oxazole rings is 1. The van der Waals surface area contributed by atoms with E-state index in [2.05, 4.69) is 10.6 Å². The molecule has 0 atom stereocenters. The number of hydrogen-bond acceptors (Lipinski definition) is 4. The van der Waals surface area contributed by atoms with Gasteiger partial charge in [-0.3, -0.25) is 14.2 Å². The number of aromatic nitrogens is 1. The fourth-order valence-electron chi connectivity index (χ4n) is 2.27. The Balaban J connectivity index is 1.63. The Morgan fingerprint density at radius 1 is 1.12 bits per heavy atom. The number of anilines is 1. The van der Waals surface area contributed by atoms with Crippen molar-refractivity contribution in [2.75, 3.05) is 11.9 Å². The molecule has 2 N–H and O–H groups in total. The maximum Gasteiger partial charge on any atom is 0.419 e. The van der Waals surface area contributed by atoms with E-state index in [0.717, 1.165) is 0 Å². The molecule has 0 radical (unpaired) electrons. The van der Waals surface area contributed by atoms with E-state index in [4.69, 9.17) is 4.42 Å². The highest BCUT2D eigenvalue weighted by Crippen LogP contribution is 2.17. The molecule has 2 amide bonds. The zero-order chi connectivity index (χ0) is 17.1. The summed E-state index contributed by atoms with van der Waals surface area (Å²) in [6, 6.07) is 13.5. The van der Waals surface area contributed by atoms with Crippen LogP contribution in [-0.4, -0.2) is 22.9 Å². The van der Waals surface area contributed by atoms with Gasteiger partial charge in [0.25, 0.3) is 5.91 Å². The Bertz CT molecular complexity index is 957. The van der Waals surface area contributed by atoms with Crippen molar-refractivity contribution < 1.29 is 14.0 Å². The van der Waals surface area contributed by atoms with Gasteiger partial charge in [-0.05, 0) is 24.3 Å². The number of fused-ring (bicyclic) bond motifs is 1. The molecule has 122 valence electrons. The third kappa shape index (κ3) is 3.19. The number of nitrogens with zero attached hydrogens (tertiary/aromatic N) is 1. The van der Waals surface area contributed by atoms with Crippen LogP contribution in [-0.2, 0) is 11.8 Å². The van der Waals surface area contributed by atoms with Crippen LogP contribution < -0.4 is 16.4 Å². The Morgan fingerprint density at radius 3 is 2.62 bits per heavy atom. The number of carbonyl (C=O) groups excluding carboxylic acids is 2. The Morgan fingerprint density at radius 2 is 1.88 bits per heavy atom. The lowest BCUT2D eigenvalue weighted by Crippen LogP contribution is -2.32. The minimum absolute atomic E-state index is 0.162. The lowest BCUT2D eigenvalue weighted by atomic mass is 10.2. The molecule has 0 aliphatic heterocycles. The van der Waals surface area contributed by atoms with Gasteiger partial charge >= 0.3 is 5.76 Å². The van der Waals surface area contributed by atoms with Crippen molar-refractivity contribution in [1.82, 2.24) is 9.88 Å². The molecule has 0 aliphatic rings. The van der Waals surface area contributed by atoms with Crippen LogP contribution in [0.5, 0.6) is 0 Å². The molecular formula is C17H15N3O4. The molecule has 7 heteroatoms. The maximum absolute atomic E-state index is 11.9. The lowest BCUT2D eigenvalue weighted by Gasteiger charge is -2.07. The molecule has 2 aromatic carbocycles. The number of amides is 2. The molecule has 3 aromatic rings. The van der Waals surface area contributed by atoms with E-state index in [1.807, 2.05) is 6.07 Å². The van der Waals surface area contributed by atoms with Gasteiger partial charge in [0.15, 0.2) is 5.58 Å². The molecule has 0 fully saturated rings. The monoisotopic (exact) mass is 325 g/mol. The number of aryl methyl sites for hydroxylation is 1. The molecule has 24 heavy (non-hydrogen) atoms. The maximum atomic E-state index is 11.9. The van der Waals surface area contributed by atoms with E-state index >= 15 is 0 Å². The average molecular weight is 325 g/mol. The molecule has 0 saturated heterocycles. The van der Waals surface area contributed by atoms with Crippen molar-refractivity contribution in [1.29, 1.82) is 0 Å². The molecule has 3 rings (SSSR count). The van der Waals surface area contributed by atoms with Gasteiger partial charge in [-0.25, -0.2) is 4.79 Å². The fourth-order valence-corrected chi connectivity index (χ4v) is 2.27. The summed E-state index contributed by atoms with van der Waals surface area (Å²) >= 11 is 0. The van der Waals surface area contributed by atoms with Crippen LogP contribution in [0.1, 0.15) is 10.4 Å². The zero-order valence-electron chi connectivity index (χ0n) is 12.9. The van der Waals surface area contributed by atoms with Gasteiger partial charge in [-0.2, -0.15) is 0 Å². The van der Waals surface area contributed by atoms with Crippen molar-refractivity contribution in [3.05, 3.63) is 64.6 Å². The van der Waals surface area contributed by atoms with Crippen LogP contribution in [0, 0.1) is 0 Å². The van der Waals surface area contributed by atoms with Gasteiger partial charge in [0.1, 0.15) is 0 Å². The second kappa shape index (κ2) is 6.41. The van der Waals surface area contributed by atoms with Crippen molar-refractivity contribution in [3.63, 3.8) is 0 Å². The largest absolute Gasteiger partial charge is 0.419 e. The molecule has 1 heterocycles. The van der Waals surface area contributed by atoms with Crippen LogP contribution in [0.4, 0.5) is 5.69 Å². The number of nitrogens with one attached hydrogen (secondary N) is 2. The molecule has 1 aromatic heterocycles. The molecule has 0 aliphatic carbocycles. The first-order chi connectivity index (χ1) is 11.5. The van der Waals surface area contributed by atoms with E-state index in [0.29, 0.717) is 22.4 Å².